The lowest BCUT2D eigenvalue weighted by atomic mass is 10.1. The van der Waals surface area contributed by atoms with Gasteiger partial charge in [-0.1, -0.05) is 67.4 Å². The normalized spacial score (nSPS) is 12.0. The number of carbonyl (C=O) groups excluding carboxylic acids is 2. The van der Waals surface area contributed by atoms with E-state index >= 15 is 0 Å². The molecule has 0 spiro atoms. The number of amides is 2. The maximum absolute atomic E-state index is 14.2. The molecule has 0 aliphatic rings. The molecule has 3 aromatic carbocycles. The third-order valence-corrected chi connectivity index (χ3v) is 9.02. The summed E-state index contributed by atoms with van der Waals surface area (Å²) in [6, 6.07) is 17.0. The van der Waals surface area contributed by atoms with Gasteiger partial charge in [-0.15, -0.1) is 0 Å². The van der Waals surface area contributed by atoms with E-state index in [-0.39, 0.29) is 35.2 Å². The number of hydrogen-bond donors (Lipinski definition) is 1. The molecule has 1 N–H and O–H groups in total. The molecule has 0 aliphatic carbocycles. The van der Waals surface area contributed by atoms with Crippen LogP contribution in [0.1, 0.15) is 37.8 Å². The summed E-state index contributed by atoms with van der Waals surface area (Å²) in [5.41, 5.74) is 1.42. The van der Waals surface area contributed by atoms with Gasteiger partial charge in [-0.05, 0) is 61.7 Å². The van der Waals surface area contributed by atoms with Crippen LogP contribution in [0.25, 0.3) is 0 Å². The van der Waals surface area contributed by atoms with Crippen molar-refractivity contribution in [3.05, 3.63) is 87.9 Å². The number of carbonyl (C=O) groups is 2. The molecule has 0 fully saturated rings. The summed E-state index contributed by atoms with van der Waals surface area (Å²) in [7, 11) is -2.80. The van der Waals surface area contributed by atoms with E-state index in [2.05, 4.69) is 5.32 Å². The summed E-state index contributed by atoms with van der Waals surface area (Å²) in [5, 5.41) is 3.50. The minimum Gasteiger partial charge on any atom is -0.495 e. The molecule has 3 aromatic rings. The minimum atomic E-state index is -4.23. The molecule has 0 unspecified atom stereocenters. The molecular formula is C30H35Cl2N3O5S. The third kappa shape index (κ3) is 7.72. The van der Waals surface area contributed by atoms with E-state index in [0.717, 1.165) is 9.87 Å². The zero-order valence-corrected chi connectivity index (χ0v) is 25.9. The van der Waals surface area contributed by atoms with Crippen LogP contribution in [0.5, 0.6) is 5.75 Å². The maximum Gasteiger partial charge on any atom is 0.264 e. The number of nitrogens with zero attached hydrogens (tertiary/aromatic N) is 2. The SMILES string of the molecule is CCCNC(=O)[C@@H](CC)N(Cc1c(Cl)cccc1Cl)C(=O)CN(c1cc(C)ccc1OC)S(=O)(=O)c1ccccc1. The van der Waals surface area contributed by atoms with E-state index in [0.29, 0.717) is 28.6 Å². The molecule has 0 aliphatic heterocycles. The van der Waals surface area contributed by atoms with Crippen molar-refractivity contribution in [3.63, 3.8) is 0 Å². The lowest BCUT2D eigenvalue weighted by molar-refractivity contribution is -0.140. The standard InChI is InChI=1S/C30H35Cl2N3O5S/c1-5-17-33-30(37)26(6-2)34(19-23-24(31)13-10-14-25(23)32)29(36)20-35(27-18-21(3)15-16-28(27)40-4)41(38,39)22-11-8-7-9-12-22/h7-16,18,26H,5-6,17,19-20H2,1-4H3,(H,33,37)/t26-/m1/s1. The molecule has 2 amide bonds. The predicted molar refractivity (Wildman–Crippen MR) is 163 cm³/mol. The first-order valence-electron chi connectivity index (χ1n) is 13.3. The molecule has 1 atom stereocenters. The zero-order valence-electron chi connectivity index (χ0n) is 23.6. The monoisotopic (exact) mass is 619 g/mol. The van der Waals surface area contributed by atoms with Crippen LogP contribution in [0, 0.1) is 6.92 Å². The average molecular weight is 621 g/mol. The molecule has 11 heteroatoms. The topological polar surface area (TPSA) is 96.0 Å². The molecule has 0 bridgehead atoms. The summed E-state index contributed by atoms with van der Waals surface area (Å²) >= 11 is 12.9. The number of benzene rings is 3. The van der Waals surface area contributed by atoms with Crippen LogP contribution in [0.3, 0.4) is 0 Å². The van der Waals surface area contributed by atoms with Crippen LogP contribution >= 0.6 is 23.2 Å². The van der Waals surface area contributed by atoms with E-state index < -0.39 is 28.5 Å². The van der Waals surface area contributed by atoms with Gasteiger partial charge in [0.2, 0.25) is 11.8 Å². The Morgan fingerprint density at radius 3 is 2.22 bits per heavy atom. The summed E-state index contributed by atoms with van der Waals surface area (Å²) in [6.45, 7) is 5.26. The first-order valence-corrected chi connectivity index (χ1v) is 15.5. The van der Waals surface area contributed by atoms with Crippen molar-refractivity contribution in [2.45, 2.75) is 51.1 Å². The third-order valence-electron chi connectivity index (χ3n) is 6.54. The van der Waals surface area contributed by atoms with Crippen molar-refractivity contribution < 1.29 is 22.7 Å². The Kier molecular flexibility index (Phi) is 11.5. The number of rotatable bonds is 13. The first kappa shape index (κ1) is 32.2. The zero-order chi connectivity index (χ0) is 30.2. The molecule has 220 valence electrons. The van der Waals surface area contributed by atoms with Crippen LogP contribution in [0.2, 0.25) is 10.0 Å². The number of methoxy groups -OCH3 is 1. The molecule has 0 heterocycles. The van der Waals surface area contributed by atoms with Gasteiger partial charge in [0.1, 0.15) is 18.3 Å². The van der Waals surface area contributed by atoms with Crippen molar-refractivity contribution in [2.75, 3.05) is 24.5 Å². The number of aryl methyl sites for hydroxylation is 1. The van der Waals surface area contributed by atoms with Crippen LogP contribution in [0.4, 0.5) is 5.69 Å². The van der Waals surface area contributed by atoms with Crippen molar-refractivity contribution >= 4 is 50.7 Å². The molecule has 0 aromatic heterocycles. The highest BCUT2D eigenvalue weighted by Crippen LogP contribution is 2.34. The average Bonchev–Trinajstić information content (AvgIpc) is 2.96. The Bertz CT molecular complexity index is 1450. The Balaban J connectivity index is 2.15. The fourth-order valence-corrected chi connectivity index (χ4v) is 6.32. The summed E-state index contributed by atoms with van der Waals surface area (Å²) < 4.78 is 34.6. The van der Waals surface area contributed by atoms with Gasteiger partial charge in [0, 0.05) is 28.7 Å². The fourth-order valence-electron chi connectivity index (χ4n) is 4.37. The van der Waals surface area contributed by atoms with Crippen molar-refractivity contribution in [1.82, 2.24) is 10.2 Å². The molecule has 8 nitrogen and oxygen atoms in total. The van der Waals surface area contributed by atoms with E-state index in [1.54, 1.807) is 61.5 Å². The Labute approximate surface area is 252 Å². The predicted octanol–water partition coefficient (Wildman–Crippen LogP) is 5.84. The highest BCUT2D eigenvalue weighted by Gasteiger charge is 2.35. The lowest BCUT2D eigenvalue weighted by Crippen LogP contribution is -2.52. The fraction of sp³-hybridized carbons (Fsp3) is 0.333. The second-order valence-corrected chi connectivity index (χ2v) is 12.1. The first-order chi connectivity index (χ1) is 19.5. The van der Waals surface area contributed by atoms with E-state index in [4.69, 9.17) is 27.9 Å². The molecule has 0 radical (unpaired) electrons. The number of hydrogen-bond acceptors (Lipinski definition) is 5. The van der Waals surface area contributed by atoms with Gasteiger partial charge in [-0.25, -0.2) is 8.42 Å². The van der Waals surface area contributed by atoms with Crippen molar-refractivity contribution in [3.8, 4) is 5.75 Å². The number of nitrogens with one attached hydrogen (secondary N) is 1. The minimum absolute atomic E-state index is 0.00443. The smallest absolute Gasteiger partial charge is 0.264 e. The largest absolute Gasteiger partial charge is 0.495 e. The Morgan fingerprint density at radius 1 is 0.976 bits per heavy atom. The second-order valence-electron chi connectivity index (χ2n) is 9.44. The number of halogens is 2. The van der Waals surface area contributed by atoms with Gasteiger partial charge in [-0.3, -0.25) is 13.9 Å². The molecule has 41 heavy (non-hydrogen) atoms. The summed E-state index contributed by atoms with van der Waals surface area (Å²) in [5.74, 6) is -0.685. The van der Waals surface area contributed by atoms with Crippen LogP contribution in [-0.4, -0.2) is 51.4 Å². The highest BCUT2D eigenvalue weighted by atomic mass is 35.5. The molecule has 3 rings (SSSR count). The summed E-state index contributed by atoms with van der Waals surface area (Å²) in [4.78, 5) is 28.8. The van der Waals surface area contributed by atoms with Gasteiger partial charge in [0.15, 0.2) is 0 Å². The van der Waals surface area contributed by atoms with Gasteiger partial charge in [-0.2, -0.15) is 0 Å². The molecule has 0 saturated carbocycles. The van der Waals surface area contributed by atoms with Gasteiger partial charge in [0.25, 0.3) is 10.0 Å². The van der Waals surface area contributed by atoms with E-state index in [1.165, 1.54) is 24.1 Å². The number of ether oxygens (including phenoxy) is 1. The molecular weight excluding hydrogens is 585 g/mol. The van der Waals surface area contributed by atoms with E-state index in [1.807, 2.05) is 13.8 Å². The van der Waals surface area contributed by atoms with E-state index in [9.17, 15) is 18.0 Å². The van der Waals surface area contributed by atoms with Crippen LogP contribution in [-0.2, 0) is 26.2 Å². The van der Waals surface area contributed by atoms with Crippen LogP contribution in [0.15, 0.2) is 71.6 Å². The Hall–Kier alpha value is -3.27. The van der Waals surface area contributed by atoms with Gasteiger partial charge in [0.05, 0.1) is 17.7 Å². The van der Waals surface area contributed by atoms with Crippen LogP contribution < -0.4 is 14.4 Å². The number of sulfonamides is 1. The second kappa shape index (κ2) is 14.6. The van der Waals surface area contributed by atoms with Gasteiger partial charge >= 0.3 is 0 Å². The van der Waals surface area contributed by atoms with Crippen molar-refractivity contribution in [2.24, 2.45) is 0 Å². The van der Waals surface area contributed by atoms with Crippen molar-refractivity contribution in [1.29, 1.82) is 0 Å². The van der Waals surface area contributed by atoms with Gasteiger partial charge < -0.3 is 15.0 Å². The summed E-state index contributed by atoms with van der Waals surface area (Å²) in [6.07, 6.45) is 0.991. The quantitative estimate of drug-likeness (QED) is 0.259. The highest BCUT2D eigenvalue weighted by molar-refractivity contribution is 7.92. The number of anilines is 1. The Morgan fingerprint density at radius 2 is 1.63 bits per heavy atom. The molecule has 0 saturated heterocycles. The maximum atomic E-state index is 14.2. The lowest BCUT2D eigenvalue weighted by Gasteiger charge is -2.34.